The topological polar surface area (TPSA) is 92.7 Å². The molecule has 0 spiro atoms. The van der Waals surface area contributed by atoms with E-state index in [0.717, 1.165) is 25.9 Å². The van der Waals surface area contributed by atoms with Crippen LogP contribution in [0.2, 0.25) is 0 Å². The summed E-state index contributed by atoms with van der Waals surface area (Å²) in [6.45, 7) is 2.69. The fourth-order valence-electron chi connectivity index (χ4n) is 2.60. The second-order valence-corrected chi connectivity index (χ2v) is 4.98. The molecule has 6 heteroatoms. The molecule has 2 fully saturated rings. The Balaban J connectivity index is 1.86. The number of piperidine rings is 1. The van der Waals surface area contributed by atoms with Crippen molar-refractivity contribution in [2.45, 2.75) is 19.3 Å². The van der Waals surface area contributed by atoms with Crippen molar-refractivity contribution in [3.8, 4) is 0 Å². The smallest absolute Gasteiger partial charge is 0.225 e. The van der Waals surface area contributed by atoms with E-state index in [1.165, 1.54) is 0 Å². The summed E-state index contributed by atoms with van der Waals surface area (Å²) in [5.74, 6) is 5.45. The van der Waals surface area contributed by atoms with E-state index in [1.54, 1.807) is 9.91 Å². The van der Waals surface area contributed by atoms with Crippen molar-refractivity contribution in [1.82, 2.24) is 9.91 Å². The SMILES string of the molecule is NC(=O)C1CCN(C(=O)C2CCN(N)CC2)C1. The fourth-order valence-corrected chi connectivity index (χ4v) is 2.60. The Bertz CT molecular complexity index is 313. The zero-order valence-corrected chi connectivity index (χ0v) is 9.97. The van der Waals surface area contributed by atoms with Gasteiger partial charge in [0.1, 0.15) is 0 Å². The predicted molar refractivity (Wildman–Crippen MR) is 62.4 cm³/mol. The largest absolute Gasteiger partial charge is 0.369 e. The highest BCUT2D eigenvalue weighted by molar-refractivity contribution is 5.82. The number of amides is 2. The molecule has 0 bridgehead atoms. The van der Waals surface area contributed by atoms with Gasteiger partial charge in [-0.05, 0) is 19.3 Å². The number of carbonyl (C=O) groups excluding carboxylic acids is 2. The highest BCUT2D eigenvalue weighted by atomic mass is 16.2. The molecule has 1 atom stereocenters. The van der Waals surface area contributed by atoms with Gasteiger partial charge in [-0.25, -0.2) is 5.01 Å². The number of nitrogens with zero attached hydrogens (tertiary/aromatic N) is 2. The number of nitrogens with two attached hydrogens (primary N) is 2. The molecule has 2 aliphatic heterocycles. The summed E-state index contributed by atoms with van der Waals surface area (Å²) in [6, 6.07) is 0. The van der Waals surface area contributed by atoms with Gasteiger partial charge >= 0.3 is 0 Å². The average Bonchev–Trinajstić information content (AvgIpc) is 2.78. The average molecular weight is 240 g/mol. The predicted octanol–water partition coefficient (Wildman–Crippen LogP) is -1.09. The first-order valence-corrected chi connectivity index (χ1v) is 6.15. The lowest BCUT2D eigenvalue weighted by atomic mass is 9.96. The Morgan fingerprint density at radius 3 is 2.12 bits per heavy atom. The summed E-state index contributed by atoms with van der Waals surface area (Å²) in [7, 11) is 0. The van der Waals surface area contributed by atoms with Crippen LogP contribution < -0.4 is 11.6 Å². The molecule has 2 rings (SSSR count). The first kappa shape index (κ1) is 12.3. The van der Waals surface area contributed by atoms with E-state index in [9.17, 15) is 9.59 Å². The van der Waals surface area contributed by atoms with Crippen LogP contribution in [-0.4, -0.2) is 47.9 Å². The van der Waals surface area contributed by atoms with Crippen LogP contribution in [0.5, 0.6) is 0 Å². The van der Waals surface area contributed by atoms with E-state index in [-0.39, 0.29) is 23.7 Å². The Kier molecular flexibility index (Phi) is 3.63. The van der Waals surface area contributed by atoms with E-state index in [2.05, 4.69) is 0 Å². The Morgan fingerprint density at radius 1 is 1.00 bits per heavy atom. The fraction of sp³-hybridized carbons (Fsp3) is 0.818. The molecule has 4 N–H and O–H groups in total. The maximum atomic E-state index is 12.2. The van der Waals surface area contributed by atoms with E-state index >= 15 is 0 Å². The quantitative estimate of drug-likeness (QED) is 0.600. The van der Waals surface area contributed by atoms with Crippen LogP contribution in [0, 0.1) is 11.8 Å². The van der Waals surface area contributed by atoms with Crippen molar-refractivity contribution < 1.29 is 9.59 Å². The highest BCUT2D eigenvalue weighted by Crippen LogP contribution is 2.23. The molecule has 2 heterocycles. The van der Waals surface area contributed by atoms with Crippen LogP contribution in [-0.2, 0) is 9.59 Å². The number of hydrogen-bond acceptors (Lipinski definition) is 4. The van der Waals surface area contributed by atoms with E-state index in [4.69, 9.17) is 11.6 Å². The molecule has 6 nitrogen and oxygen atoms in total. The van der Waals surface area contributed by atoms with Crippen LogP contribution in [0.25, 0.3) is 0 Å². The normalized spacial score (nSPS) is 27.4. The molecule has 2 amide bonds. The van der Waals surface area contributed by atoms with Crippen molar-refractivity contribution in [2.24, 2.45) is 23.4 Å². The standard InChI is InChI=1S/C11H20N4O2/c12-10(16)9-1-4-14(7-9)11(17)8-2-5-15(13)6-3-8/h8-9H,1-7,13H2,(H2,12,16). The van der Waals surface area contributed by atoms with Crippen molar-refractivity contribution in [3.05, 3.63) is 0 Å². The third kappa shape index (κ3) is 2.76. The molecule has 17 heavy (non-hydrogen) atoms. The molecule has 0 radical (unpaired) electrons. The van der Waals surface area contributed by atoms with E-state index in [0.29, 0.717) is 19.5 Å². The van der Waals surface area contributed by atoms with Gasteiger partial charge in [0, 0.05) is 32.1 Å². The summed E-state index contributed by atoms with van der Waals surface area (Å²) >= 11 is 0. The lowest BCUT2D eigenvalue weighted by Gasteiger charge is -2.30. The monoisotopic (exact) mass is 240 g/mol. The first-order valence-electron chi connectivity index (χ1n) is 6.15. The molecule has 2 saturated heterocycles. The minimum Gasteiger partial charge on any atom is -0.369 e. The van der Waals surface area contributed by atoms with Gasteiger partial charge in [0.05, 0.1) is 5.92 Å². The Morgan fingerprint density at radius 2 is 1.59 bits per heavy atom. The number of carbonyl (C=O) groups is 2. The van der Waals surface area contributed by atoms with Crippen LogP contribution >= 0.6 is 0 Å². The number of hydrazine groups is 1. The third-order valence-electron chi connectivity index (χ3n) is 3.78. The minimum atomic E-state index is -0.294. The zero-order chi connectivity index (χ0) is 12.4. The first-order chi connectivity index (χ1) is 8.08. The number of primary amides is 1. The summed E-state index contributed by atoms with van der Waals surface area (Å²) in [5.41, 5.74) is 5.26. The van der Waals surface area contributed by atoms with Gasteiger partial charge in [0.15, 0.2) is 0 Å². The number of hydrogen-bond donors (Lipinski definition) is 2. The van der Waals surface area contributed by atoms with Crippen molar-refractivity contribution in [1.29, 1.82) is 0 Å². The van der Waals surface area contributed by atoms with Gasteiger partial charge in [-0.2, -0.15) is 0 Å². The van der Waals surface area contributed by atoms with Gasteiger partial charge in [-0.15, -0.1) is 0 Å². The Labute approximate surface area is 101 Å². The maximum Gasteiger partial charge on any atom is 0.225 e. The molecular formula is C11H20N4O2. The highest BCUT2D eigenvalue weighted by Gasteiger charge is 2.34. The lowest BCUT2D eigenvalue weighted by Crippen LogP contribution is -2.44. The van der Waals surface area contributed by atoms with Crippen molar-refractivity contribution >= 4 is 11.8 Å². The van der Waals surface area contributed by atoms with Gasteiger partial charge in [0.2, 0.25) is 11.8 Å². The molecule has 96 valence electrons. The van der Waals surface area contributed by atoms with Crippen LogP contribution in [0.3, 0.4) is 0 Å². The minimum absolute atomic E-state index is 0.0708. The summed E-state index contributed by atoms with van der Waals surface area (Å²) in [6.07, 6.45) is 2.33. The molecule has 1 unspecified atom stereocenters. The summed E-state index contributed by atoms with van der Waals surface area (Å²) in [4.78, 5) is 25.0. The van der Waals surface area contributed by atoms with E-state index < -0.39 is 0 Å². The van der Waals surface area contributed by atoms with Gasteiger partial charge < -0.3 is 10.6 Å². The van der Waals surface area contributed by atoms with Crippen molar-refractivity contribution in [3.63, 3.8) is 0 Å². The summed E-state index contributed by atoms with van der Waals surface area (Å²) in [5, 5.41) is 1.75. The van der Waals surface area contributed by atoms with Gasteiger partial charge in [-0.1, -0.05) is 0 Å². The second-order valence-electron chi connectivity index (χ2n) is 4.98. The third-order valence-corrected chi connectivity index (χ3v) is 3.78. The van der Waals surface area contributed by atoms with Gasteiger partial charge in [-0.3, -0.25) is 15.4 Å². The van der Waals surface area contributed by atoms with Gasteiger partial charge in [0.25, 0.3) is 0 Å². The van der Waals surface area contributed by atoms with Crippen LogP contribution in [0.15, 0.2) is 0 Å². The molecule has 2 aliphatic rings. The second kappa shape index (κ2) is 5.01. The van der Waals surface area contributed by atoms with E-state index in [1.807, 2.05) is 0 Å². The maximum absolute atomic E-state index is 12.2. The van der Waals surface area contributed by atoms with Crippen LogP contribution in [0.1, 0.15) is 19.3 Å². The molecule has 0 aromatic heterocycles. The number of rotatable bonds is 2. The molecule has 0 aromatic rings. The van der Waals surface area contributed by atoms with Crippen LogP contribution in [0.4, 0.5) is 0 Å². The van der Waals surface area contributed by atoms with Crippen molar-refractivity contribution in [2.75, 3.05) is 26.2 Å². The zero-order valence-electron chi connectivity index (χ0n) is 9.97. The molecule has 0 aromatic carbocycles. The lowest BCUT2D eigenvalue weighted by molar-refractivity contribution is -0.136. The Hall–Kier alpha value is -1.14. The molecule has 0 saturated carbocycles. The number of likely N-dealkylation sites (tertiary alicyclic amines) is 1. The summed E-state index contributed by atoms with van der Waals surface area (Å²) < 4.78 is 0. The molecule has 0 aliphatic carbocycles. The molecular weight excluding hydrogens is 220 g/mol.